The molecule has 0 fully saturated rings. The van der Waals surface area contributed by atoms with Gasteiger partial charge >= 0.3 is 0 Å². The van der Waals surface area contributed by atoms with Crippen LogP contribution < -0.4 is 11.1 Å². The van der Waals surface area contributed by atoms with Gasteiger partial charge in [-0.2, -0.15) is 0 Å². The van der Waals surface area contributed by atoms with Crippen molar-refractivity contribution >= 4 is 17.4 Å². The molecular weight excluding hydrogens is 412 g/mol. The maximum absolute atomic E-state index is 15.3. The van der Waals surface area contributed by atoms with E-state index in [4.69, 9.17) is 5.73 Å². The van der Waals surface area contributed by atoms with Gasteiger partial charge in [-0.3, -0.25) is 9.79 Å². The van der Waals surface area contributed by atoms with E-state index in [-0.39, 0.29) is 29.2 Å². The Morgan fingerprint density at radius 3 is 2.55 bits per heavy atom. The zero-order chi connectivity index (χ0) is 22.6. The molecule has 0 saturated carbocycles. The average molecular weight is 436 g/mol. The highest BCUT2D eigenvalue weighted by Gasteiger charge is 2.52. The van der Waals surface area contributed by atoms with E-state index in [1.54, 1.807) is 0 Å². The normalized spacial score (nSPS) is 23.5. The standard InChI is InChI=1S/C22H24F4N4O/c1-21(22(25,26)11-5-3-2-4-6-19(27)30-21)16-12-15(8-9-17(16)24)29-20(31)18-10-7-14(23)13-28-18/h7-10,12-13H,2-6,11H2,1H3,(H2,27,30)(H,29,31). The van der Waals surface area contributed by atoms with E-state index in [2.05, 4.69) is 15.3 Å². The molecule has 166 valence electrons. The van der Waals surface area contributed by atoms with Crippen LogP contribution >= 0.6 is 0 Å². The highest BCUT2D eigenvalue weighted by atomic mass is 19.3. The zero-order valence-corrected chi connectivity index (χ0v) is 17.1. The van der Waals surface area contributed by atoms with Gasteiger partial charge in [0.2, 0.25) is 0 Å². The van der Waals surface area contributed by atoms with Crippen molar-refractivity contribution in [2.75, 3.05) is 5.32 Å². The molecule has 0 aliphatic carbocycles. The molecule has 0 radical (unpaired) electrons. The summed E-state index contributed by atoms with van der Waals surface area (Å²) < 4.78 is 58.4. The molecular formula is C22H24F4N4O. The fraction of sp³-hybridized carbons (Fsp3) is 0.409. The third-order valence-electron chi connectivity index (χ3n) is 5.46. The average Bonchev–Trinajstić information content (AvgIpc) is 2.71. The fourth-order valence-electron chi connectivity index (χ4n) is 3.61. The second-order valence-corrected chi connectivity index (χ2v) is 7.80. The summed E-state index contributed by atoms with van der Waals surface area (Å²) in [6, 6.07) is 5.62. The number of nitrogens with zero attached hydrogens (tertiary/aromatic N) is 2. The van der Waals surface area contributed by atoms with E-state index in [0.29, 0.717) is 12.8 Å². The molecule has 9 heteroatoms. The largest absolute Gasteiger partial charge is 0.387 e. The van der Waals surface area contributed by atoms with Gasteiger partial charge in [0.15, 0.2) is 5.54 Å². The van der Waals surface area contributed by atoms with Crippen LogP contribution in [0.4, 0.5) is 23.2 Å². The molecule has 0 bridgehead atoms. The Morgan fingerprint density at radius 1 is 1.10 bits per heavy atom. The Labute approximate surface area is 177 Å². The SMILES string of the molecule is CC1(c2cc(NC(=O)c3ccc(F)cn3)ccc2F)/N=C(/N)CCCCCCC1(F)F. The Hall–Kier alpha value is -2.97. The first-order chi connectivity index (χ1) is 14.6. The first-order valence-electron chi connectivity index (χ1n) is 10.1. The maximum atomic E-state index is 15.3. The summed E-state index contributed by atoms with van der Waals surface area (Å²) >= 11 is 0. The smallest absolute Gasteiger partial charge is 0.276 e. The van der Waals surface area contributed by atoms with E-state index in [9.17, 15) is 13.6 Å². The number of nitrogens with two attached hydrogens (primary N) is 1. The number of amides is 1. The van der Waals surface area contributed by atoms with Crippen LogP contribution in [0.25, 0.3) is 0 Å². The van der Waals surface area contributed by atoms with Gasteiger partial charge in [0, 0.05) is 24.1 Å². The number of anilines is 1. The van der Waals surface area contributed by atoms with Crippen molar-refractivity contribution in [1.29, 1.82) is 0 Å². The molecule has 1 aliphatic rings. The van der Waals surface area contributed by atoms with Crippen LogP contribution in [0, 0.1) is 11.6 Å². The first-order valence-corrected chi connectivity index (χ1v) is 10.1. The summed E-state index contributed by atoms with van der Waals surface area (Å²) in [6.45, 7) is 1.16. The minimum atomic E-state index is -3.36. The number of pyridine rings is 1. The number of aliphatic imine (C=N–C) groups is 1. The van der Waals surface area contributed by atoms with Crippen molar-refractivity contribution < 1.29 is 22.4 Å². The topological polar surface area (TPSA) is 80.4 Å². The van der Waals surface area contributed by atoms with Gasteiger partial charge in [-0.15, -0.1) is 0 Å². The molecule has 1 aromatic heterocycles. The van der Waals surface area contributed by atoms with Crippen LogP contribution in [-0.2, 0) is 5.54 Å². The quantitative estimate of drug-likeness (QED) is 0.651. The van der Waals surface area contributed by atoms with E-state index < -0.39 is 35.4 Å². The molecule has 3 rings (SSSR count). The third kappa shape index (κ3) is 5.03. The van der Waals surface area contributed by atoms with Gasteiger partial charge < -0.3 is 11.1 Å². The number of carbonyl (C=O) groups excluding carboxylic acids is 1. The van der Waals surface area contributed by atoms with Gasteiger partial charge in [0.05, 0.1) is 12.0 Å². The number of amidine groups is 1. The Morgan fingerprint density at radius 2 is 1.84 bits per heavy atom. The molecule has 5 nitrogen and oxygen atoms in total. The number of aromatic nitrogens is 1. The lowest BCUT2D eigenvalue weighted by atomic mass is 9.82. The molecule has 2 heterocycles. The predicted octanol–water partition coefficient (Wildman–Crippen LogP) is 5.17. The second kappa shape index (κ2) is 9.03. The molecule has 3 N–H and O–H groups in total. The minimum Gasteiger partial charge on any atom is -0.387 e. The Balaban J connectivity index is 2.00. The number of carbonyl (C=O) groups is 1. The summed E-state index contributed by atoms with van der Waals surface area (Å²) in [7, 11) is 0. The van der Waals surface area contributed by atoms with Crippen LogP contribution in [0.2, 0.25) is 0 Å². The highest BCUT2D eigenvalue weighted by molar-refractivity contribution is 6.02. The Bertz CT molecular complexity index is 978. The summed E-state index contributed by atoms with van der Waals surface area (Å²) in [6.07, 6.45) is 3.17. The van der Waals surface area contributed by atoms with Gasteiger partial charge in [0.25, 0.3) is 11.8 Å². The molecule has 1 unspecified atom stereocenters. The van der Waals surface area contributed by atoms with Crippen molar-refractivity contribution in [3.63, 3.8) is 0 Å². The van der Waals surface area contributed by atoms with Crippen molar-refractivity contribution in [3.05, 3.63) is 59.4 Å². The number of nitrogens with one attached hydrogen (secondary N) is 1. The molecule has 2 aromatic rings. The van der Waals surface area contributed by atoms with Gasteiger partial charge in [-0.1, -0.05) is 12.8 Å². The Kier molecular flexibility index (Phi) is 6.62. The monoisotopic (exact) mass is 436 g/mol. The van der Waals surface area contributed by atoms with Crippen LogP contribution in [0.1, 0.15) is 61.5 Å². The van der Waals surface area contributed by atoms with E-state index >= 15 is 8.78 Å². The van der Waals surface area contributed by atoms with E-state index in [1.165, 1.54) is 12.1 Å². The number of benzene rings is 1. The summed E-state index contributed by atoms with van der Waals surface area (Å²) in [5, 5.41) is 2.48. The fourth-order valence-corrected chi connectivity index (χ4v) is 3.61. The second-order valence-electron chi connectivity index (χ2n) is 7.80. The summed E-state index contributed by atoms with van der Waals surface area (Å²) in [4.78, 5) is 20.1. The van der Waals surface area contributed by atoms with Crippen LogP contribution in [0.5, 0.6) is 0 Å². The van der Waals surface area contributed by atoms with E-state index in [0.717, 1.165) is 44.2 Å². The van der Waals surface area contributed by atoms with Crippen molar-refractivity contribution in [1.82, 2.24) is 4.98 Å². The van der Waals surface area contributed by atoms with Gasteiger partial charge in [-0.05, 0) is 50.1 Å². The molecule has 31 heavy (non-hydrogen) atoms. The third-order valence-corrected chi connectivity index (χ3v) is 5.46. The lowest BCUT2D eigenvalue weighted by Crippen LogP contribution is -2.44. The number of alkyl halides is 2. The van der Waals surface area contributed by atoms with Crippen molar-refractivity contribution in [2.24, 2.45) is 10.7 Å². The van der Waals surface area contributed by atoms with Gasteiger partial charge in [0.1, 0.15) is 17.3 Å². The molecule has 0 saturated heterocycles. The summed E-state index contributed by atoms with van der Waals surface area (Å²) in [5.41, 5.74) is 3.29. The first kappa shape index (κ1) is 22.7. The van der Waals surface area contributed by atoms with E-state index in [1.807, 2.05) is 0 Å². The number of halogens is 4. The van der Waals surface area contributed by atoms with Gasteiger partial charge in [-0.25, -0.2) is 22.5 Å². The van der Waals surface area contributed by atoms with Crippen molar-refractivity contribution in [2.45, 2.75) is 56.9 Å². The molecule has 1 atom stereocenters. The molecule has 1 aromatic carbocycles. The van der Waals surface area contributed by atoms with Crippen molar-refractivity contribution in [3.8, 4) is 0 Å². The number of rotatable bonds is 3. The lowest BCUT2D eigenvalue weighted by Gasteiger charge is -2.36. The molecule has 0 spiro atoms. The number of hydrogen-bond donors (Lipinski definition) is 2. The minimum absolute atomic E-state index is 0.0356. The van der Waals surface area contributed by atoms with Crippen LogP contribution in [0.3, 0.4) is 0 Å². The van der Waals surface area contributed by atoms with Crippen LogP contribution in [0.15, 0.2) is 41.5 Å². The maximum Gasteiger partial charge on any atom is 0.276 e. The molecule has 1 amide bonds. The predicted molar refractivity (Wildman–Crippen MR) is 110 cm³/mol. The number of hydrogen-bond acceptors (Lipinski definition) is 4. The molecule has 1 aliphatic heterocycles. The van der Waals surface area contributed by atoms with Crippen LogP contribution in [-0.4, -0.2) is 22.6 Å². The summed E-state index contributed by atoms with van der Waals surface area (Å²) in [5.74, 6) is -5.51. The zero-order valence-electron chi connectivity index (χ0n) is 17.1. The highest BCUT2D eigenvalue weighted by Crippen LogP contribution is 2.46. The lowest BCUT2D eigenvalue weighted by molar-refractivity contribution is -0.0794.